The number of hydrogen-bond donors (Lipinski definition) is 2. The van der Waals surface area contributed by atoms with E-state index in [4.69, 9.17) is 5.11 Å². The minimum atomic E-state index is -0.227. The summed E-state index contributed by atoms with van der Waals surface area (Å²) in [6, 6.07) is 2.82. The van der Waals surface area contributed by atoms with Gasteiger partial charge in [-0.1, -0.05) is 13.2 Å². The van der Waals surface area contributed by atoms with Crippen LogP contribution >= 0.6 is 0 Å². The van der Waals surface area contributed by atoms with Crippen LogP contribution in [0, 0.1) is 0 Å². The van der Waals surface area contributed by atoms with Crippen LogP contribution in [0.5, 0.6) is 0 Å². The lowest BCUT2D eigenvalue weighted by molar-refractivity contribution is 0.513. The summed E-state index contributed by atoms with van der Waals surface area (Å²) in [4.78, 5) is 13.3. The maximum Gasteiger partial charge on any atom is 0.248 e. The summed E-state index contributed by atoms with van der Waals surface area (Å²) >= 11 is 0. The Bertz CT molecular complexity index is 376. The van der Waals surface area contributed by atoms with Crippen LogP contribution in [0.3, 0.4) is 0 Å². The van der Waals surface area contributed by atoms with Crippen molar-refractivity contribution >= 4 is 11.8 Å². The van der Waals surface area contributed by atoms with Gasteiger partial charge >= 0.3 is 0 Å². The highest BCUT2D eigenvalue weighted by Gasteiger charge is 2.01. The minimum Gasteiger partial charge on any atom is -0.508 e. The zero-order valence-corrected chi connectivity index (χ0v) is 6.50. The molecule has 0 aliphatic heterocycles. The molecule has 0 radical (unpaired) electrons. The number of H-pyrrole nitrogens is 1. The van der Waals surface area contributed by atoms with Crippen molar-refractivity contribution in [2.45, 2.75) is 0 Å². The summed E-state index contributed by atoms with van der Waals surface area (Å²) in [5.41, 5.74) is 0.745. The number of aliphatic hydroxyl groups excluding tert-OH is 1. The maximum atomic E-state index is 10.8. The average Bonchev–Trinajstić information content (AvgIpc) is 2.03. The van der Waals surface area contributed by atoms with E-state index in [2.05, 4.69) is 18.1 Å². The number of aromatic amines is 1. The van der Waals surface area contributed by atoms with Gasteiger partial charge in [-0.2, -0.15) is 0 Å². The molecule has 0 unspecified atom stereocenters. The van der Waals surface area contributed by atoms with Gasteiger partial charge in [0.2, 0.25) is 5.56 Å². The van der Waals surface area contributed by atoms with E-state index in [1.165, 1.54) is 18.2 Å². The number of pyridine rings is 1. The first kappa shape index (κ1) is 8.33. The predicted molar refractivity (Wildman–Crippen MR) is 48.8 cm³/mol. The van der Waals surface area contributed by atoms with E-state index in [9.17, 15) is 4.79 Å². The predicted octanol–water partition coefficient (Wildman–Crippen LogP) is 1.55. The molecule has 0 aromatic carbocycles. The van der Waals surface area contributed by atoms with Gasteiger partial charge in [-0.3, -0.25) is 4.79 Å². The molecule has 0 fully saturated rings. The molecule has 0 atom stereocenters. The van der Waals surface area contributed by atoms with Gasteiger partial charge in [0.05, 0.1) is 5.69 Å². The monoisotopic (exact) mass is 163 g/mol. The van der Waals surface area contributed by atoms with E-state index < -0.39 is 0 Å². The van der Waals surface area contributed by atoms with Crippen molar-refractivity contribution in [2.24, 2.45) is 0 Å². The second-order valence-electron chi connectivity index (χ2n) is 2.30. The van der Waals surface area contributed by atoms with Crippen molar-refractivity contribution in [1.29, 1.82) is 0 Å². The lowest BCUT2D eigenvalue weighted by Crippen LogP contribution is -2.06. The lowest BCUT2D eigenvalue weighted by Gasteiger charge is -2.01. The zero-order chi connectivity index (χ0) is 9.14. The summed E-state index contributed by atoms with van der Waals surface area (Å²) in [6.07, 6.45) is 1.46. The largest absolute Gasteiger partial charge is 0.508 e. The Morgan fingerprint density at radius 1 is 1.58 bits per heavy atom. The normalized spacial score (nSPS) is 9.33. The van der Waals surface area contributed by atoms with Gasteiger partial charge in [0, 0.05) is 11.6 Å². The van der Waals surface area contributed by atoms with E-state index in [-0.39, 0.29) is 11.3 Å². The minimum absolute atomic E-state index is 0.0823. The summed E-state index contributed by atoms with van der Waals surface area (Å²) < 4.78 is 0. The molecule has 3 heteroatoms. The number of aliphatic hydroxyl groups is 1. The Morgan fingerprint density at radius 3 is 2.75 bits per heavy atom. The second-order valence-corrected chi connectivity index (χ2v) is 2.30. The van der Waals surface area contributed by atoms with Crippen molar-refractivity contribution in [3.63, 3.8) is 0 Å². The van der Waals surface area contributed by atoms with Gasteiger partial charge < -0.3 is 10.1 Å². The molecule has 0 bridgehead atoms. The third-order valence-electron chi connectivity index (χ3n) is 1.46. The first-order chi connectivity index (χ1) is 5.65. The Hall–Kier alpha value is -1.77. The fraction of sp³-hybridized carbons (Fsp3) is 0. The molecule has 62 valence electrons. The molecule has 0 amide bonds. The highest BCUT2D eigenvalue weighted by Crippen LogP contribution is 2.11. The van der Waals surface area contributed by atoms with E-state index in [0.29, 0.717) is 11.3 Å². The van der Waals surface area contributed by atoms with E-state index in [1.54, 1.807) is 0 Å². The molecule has 0 aliphatic carbocycles. The molecule has 12 heavy (non-hydrogen) atoms. The van der Waals surface area contributed by atoms with Gasteiger partial charge in [0.25, 0.3) is 0 Å². The van der Waals surface area contributed by atoms with Crippen LogP contribution in [0.4, 0.5) is 0 Å². The van der Waals surface area contributed by atoms with Crippen LogP contribution in [0.1, 0.15) is 11.3 Å². The molecule has 1 aromatic rings. The molecule has 1 heterocycles. The number of rotatable bonds is 2. The molecule has 3 nitrogen and oxygen atoms in total. The zero-order valence-electron chi connectivity index (χ0n) is 6.50. The summed E-state index contributed by atoms with van der Waals surface area (Å²) in [7, 11) is 0. The van der Waals surface area contributed by atoms with Crippen molar-refractivity contribution in [3.8, 4) is 0 Å². The first-order valence-electron chi connectivity index (χ1n) is 3.39. The number of hydrogen-bond acceptors (Lipinski definition) is 2. The van der Waals surface area contributed by atoms with Crippen LogP contribution in [-0.2, 0) is 0 Å². The van der Waals surface area contributed by atoms with Crippen molar-refractivity contribution < 1.29 is 5.11 Å². The fourth-order valence-electron chi connectivity index (χ4n) is 0.903. The molecule has 0 aliphatic rings. The van der Waals surface area contributed by atoms with Gasteiger partial charge in [0.1, 0.15) is 5.76 Å². The van der Waals surface area contributed by atoms with Crippen LogP contribution in [0.15, 0.2) is 30.1 Å². The van der Waals surface area contributed by atoms with Crippen LogP contribution in [-0.4, -0.2) is 10.1 Å². The van der Waals surface area contributed by atoms with Crippen LogP contribution in [0.25, 0.3) is 11.8 Å². The van der Waals surface area contributed by atoms with Crippen molar-refractivity contribution in [1.82, 2.24) is 4.98 Å². The Labute approximate surface area is 69.7 Å². The number of aromatic nitrogens is 1. The van der Waals surface area contributed by atoms with E-state index in [0.717, 1.165) is 0 Å². The summed E-state index contributed by atoms with van der Waals surface area (Å²) in [5, 5.41) is 9.06. The standard InChI is InChI=1S/C9H9NO2/c1-3-8-7(6(2)11)4-5-9(12)10-8/h3-5,11H,1-2H2,(H,10,12). The van der Waals surface area contributed by atoms with Crippen LogP contribution in [0.2, 0.25) is 0 Å². The number of nitrogens with one attached hydrogen (secondary N) is 1. The molecular weight excluding hydrogens is 154 g/mol. The van der Waals surface area contributed by atoms with Crippen molar-refractivity contribution in [3.05, 3.63) is 46.9 Å². The molecule has 1 aromatic heterocycles. The summed E-state index contributed by atoms with van der Waals surface area (Å²) in [6.45, 7) is 6.84. The second kappa shape index (κ2) is 3.09. The third-order valence-corrected chi connectivity index (χ3v) is 1.46. The Balaban J connectivity index is 3.39. The summed E-state index contributed by atoms with van der Waals surface area (Å²) in [5.74, 6) is -0.0823. The van der Waals surface area contributed by atoms with E-state index in [1.807, 2.05) is 0 Å². The molecule has 0 saturated heterocycles. The third kappa shape index (κ3) is 1.45. The Kier molecular flexibility index (Phi) is 2.14. The highest BCUT2D eigenvalue weighted by atomic mass is 16.3. The van der Waals surface area contributed by atoms with E-state index >= 15 is 0 Å². The highest BCUT2D eigenvalue weighted by molar-refractivity contribution is 5.65. The lowest BCUT2D eigenvalue weighted by atomic mass is 10.1. The smallest absolute Gasteiger partial charge is 0.248 e. The van der Waals surface area contributed by atoms with Gasteiger partial charge in [0.15, 0.2) is 0 Å². The SMILES string of the molecule is C=Cc1[nH]c(=O)ccc1C(=C)O. The van der Waals surface area contributed by atoms with Gasteiger partial charge in [-0.15, -0.1) is 0 Å². The topological polar surface area (TPSA) is 53.1 Å². The quantitative estimate of drug-likeness (QED) is 0.650. The van der Waals surface area contributed by atoms with Gasteiger partial charge in [-0.05, 0) is 12.1 Å². The first-order valence-corrected chi connectivity index (χ1v) is 3.39. The Morgan fingerprint density at radius 2 is 2.25 bits per heavy atom. The molecule has 0 spiro atoms. The fourth-order valence-corrected chi connectivity index (χ4v) is 0.903. The molecule has 0 saturated carbocycles. The van der Waals surface area contributed by atoms with Crippen molar-refractivity contribution in [2.75, 3.05) is 0 Å². The average molecular weight is 163 g/mol. The molecule has 2 N–H and O–H groups in total. The molecular formula is C9H9NO2. The molecule has 1 rings (SSSR count). The maximum absolute atomic E-state index is 10.8. The van der Waals surface area contributed by atoms with Gasteiger partial charge in [-0.25, -0.2) is 0 Å². The van der Waals surface area contributed by atoms with Crippen LogP contribution < -0.4 is 5.56 Å².